The van der Waals surface area contributed by atoms with Crippen molar-refractivity contribution in [3.8, 4) is 22.9 Å². The van der Waals surface area contributed by atoms with Crippen molar-refractivity contribution in [2.45, 2.75) is 6.92 Å². The fourth-order valence-corrected chi connectivity index (χ4v) is 1.63. The molecule has 0 atom stereocenters. The molecule has 2 aromatic rings. The van der Waals surface area contributed by atoms with E-state index in [4.69, 9.17) is 15.2 Å². The molecule has 86 valence electrons. The molecule has 3 rings (SSSR count). The van der Waals surface area contributed by atoms with Gasteiger partial charge in [-0.2, -0.15) is 0 Å². The van der Waals surface area contributed by atoms with Crippen LogP contribution >= 0.6 is 0 Å². The maximum atomic E-state index is 5.76. The van der Waals surface area contributed by atoms with E-state index < -0.39 is 0 Å². The molecule has 1 aliphatic heterocycles. The lowest BCUT2D eigenvalue weighted by atomic mass is 10.2. The minimum atomic E-state index is 0.260. The van der Waals surface area contributed by atoms with Crippen LogP contribution in [-0.2, 0) is 0 Å². The summed E-state index contributed by atoms with van der Waals surface area (Å²) in [6.07, 6.45) is 1.71. The van der Waals surface area contributed by atoms with Crippen LogP contribution in [0.4, 0.5) is 5.82 Å². The molecule has 0 bridgehead atoms. The van der Waals surface area contributed by atoms with Crippen molar-refractivity contribution < 1.29 is 9.47 Å². The van der Waals surface area contributed by atoms with Crippen molar-refractivity contribution in [1.82, 2.24) is 9.97 Å². The van der Waals surface area contributed by atoms with Gasteiger partial charge >= 0.3 is 0 Å². The average molecular weight is 229 g/mol. The highest BCUT2D eigenvalue weighted by Crippen LogP contribution is 2.35. The zero-order valence-electron chi connectivity index (χ0n) is 9.30. The van der Waals surface area contributed by atoms with Gasteiger partial charge in [0.2, 0.25) is 6.79 Å². The van der Waals surface area contributed by atoms with Gasteiger partial charge in [-0.25, -0.2) is 9.97 Å². The first-order valence-corrected chi connectivity index (χ1v) is 5.23. The molecule has 0 aliphatic carbocycles. The maximum absolute atomic E-state index is 5.76. The van der Waals surface area contributed by atoms with Crippen LogP contribution in [0, 0.1) is 6.92 Å². The van der Waals surface area contributed by atoms with Crippen molar-refractivity contribution in [2.24, 2.45) is 0 Å². The van der Waals surface area contributed by atoms with Crippen LogP contribution < -0.4 is 15.2 Å². The van der Waals surface area contributed by atoms with Crippen LogP contribution in [-0.4, -0.2) is 16.8 Å². The third-order valence-corrected chi connectivity index (χ3v) is 2.64. The average Bonchev–Trinajstić information content (AvgIpc) is 2.79. The minimum absolute atomic E-state index is 0.260. The van der Waals surface area contributed by atoms with Gasteiger partial charge in [0.05, 0.1) is 0 Å². The number of nitrogens with two attached hydrogens (primary N) is 1. The standard InChI is InChI=1S/C12H11N3O2/c1-7-5-14-12(15-11(7)13)8-2-3-9-10(4-8)17-6-16-9/h2-5H,6H2,1H3,(H2,13,14,15). The molecule has 17 heavy (non-hydrogen) atoms. The van der Waals surface area contributed by atoms with Crippen molar-refractivity contribution in [2.75, 3.05) is 12.5 Å². The Labute approximate surface area is 98.2 Å². The van der Waals surface area contributed by atoms with Gasteiger partial charge in [-0.3, -0.25) is 0 Å². The summed E-state index contributed by atoms with van der Waals surface area (Å²) in [7, 11) is 0. The lowest BCUT2D eigenvalue weighted by molar-refractivity contribution is 0.174. The topological polar surface area (TPSA) is 70.3 Å². The first kappa shape index (κ1) is 9.89. The van der Waals surface area contributed by atoms with Crippen LogP contribution in [0.3, 0.4) is 0 Å². The Hall–Kier alpha value is -2.30. The van der Waals surface area contributed by atoms with Crippen molar-refractivity contribution >= 4 is 5.82 Å². The molecule has 1 aromatic heterocycles. The quantitative estimate of drug-likeness (QED) is 0.806. The van der Waals surface area contributed by atoms with Crippen LogP contribution in [0.5, 0.6) is 11.5 Å². The fourth-order valence-electron chi connectivity index (χ4n) is 1.63. The summed E-state index contributed by atoms with van der Waals surface area (Å²) < 4.78 is 10.5. The van der Waals surface area contributed by atoms with Gasteiger partial charge in [-0.05, 0) is 25.1 Å². The van der Waals surface area contributed by atoms with E-state index in [2.05, 4.69) is 9.97 Å². The second-order valence-corrected chi connectivity index (χ2v) is 3.83. The van der Waals surface area contributed by atoms with E-state index in [1.165, 1.54) is 0 Å². The molecule has 5 nitrogen and oxygen atoms in total. The summed E-state index contributed by atoms with van der Waals surface area (Å²) in [5.41, 5.74) is 7.50. The lowest BCUT2D eigenvalue weighted by Gasteiger charge is -2.04. The van der Waals surface area contributed by atoms with Gasteiger partial charge in [-0.1, -0.05) is 0 Å². The number of hydrogen-bond donors (Lipinski definition) is 1. The second-order valence-electron chi connectivity index (χ2n) is 3.83. The van der Waals surface area contributed by atoms with Crippen LogP contribution in [0.15, 0.2) is 24.4 Å². The Morgan fingerprint density at radius 1 is 1.24 bits per heavy atom. The number of aromatic nitrogens is 2. The maximum Gasteiger partial charge on any atom is 0.231 e. The third-order valence-electron chi connectivity index (χ3n) is 2.64. The molecule has 0 radical (unpaired) electrons. The van der Waals surface area contributed by atoms with E-state index >= 15 is 0 Å². The number of nitrogens with zero attached hydrogens (tertiary/aromatic N) is 2. The highest BCUT2D eigenvalue weighted by molar-refractivity contribution is 5.62. The summed E-state index contributed by atoms with van der Waals surface area (Å²) in [4.78, 5) is 8.49. The molecule has 1 aromatic carbocycles. The summed E-state index contributed by atoms with van der Waals surface area (Å²) in [5.74, 6) is 2.54. The van der Waals surface area contributed by atoms with E-state index in [1.54, 1.807) is 6.20 Å². The minimum Gasteiger partial charge on any atom is -0.454 e. The SMILES string of the molecule is Cc1cnc(-c2ccc3c(c2)OCO3)nc1N. The monoisotopic (exact) mass is 229 g/mol. The molecule has 0 saturated heterocycles. The molecule has 0 amide bonds. The normalized spacial score (nSPS) is 12.8. The summed E-state index contributed by atoms with van der Waals surface area (Å²) >= 11 is 0. The molecule has 0 fully saturated rings. The van der Waals surface area contributed by atoms with Crippen molar-refractivity contribution in [3.05, 3.63) is 30.0 Å². The van der Waals surface area contributed by atoms with Gasteiger partial charge in [0, 0.05) is 17.3 Å². The zero-order valence-corrected chi connectivity index (χ0v) is 9.30. The van der Waals surface area contributed by atoms with E-state index in [0.717, 1.165) is 16.9 Å². The fraction of sp³-hybridized carbons (Fsp3) is 0.167. The molecule has 0 saturated carbocycles. The van der Waals surface area contributed by atoms with E-state index in [-0.39, 0.29) is 6.79 Å². The second kappa shape index (κ2) is 3.62. The first-order valence-electron chi connectivity index (χ1n) is 5.23. The first-order chi connectivity index (χ1) is 8.24. The molecule has 2 heterocycles. The Kier molecular flexibility index (Phi) is 2.11. The van der Waals surface area contributed by atoms with E-state index in [1.807, 2.05) is 25.1 Å². The van der Waals surface area contributed by atoms with Crippen molar-refractivity contribution in [1.29, 1.82) is 0 Å². The molecule has 1 aliphatic rings. The lowest BCUT2D eigenvalue weighted by Crippen LogP contribution is -1.98. The number of fused-ring (bicyclic) bond motifs is 1. The predicted octanol–water partition coefficient (Wildman–Crippen LogP) is 1.76. The highest BCUT2D eigenvalue weighted by atomic mass is 16.7. The van der Waals surface area contributed by atoms with E-state index in [9.17, 15) is 0 Å². The van der Waals surface area contributed by atoms with Crippen LogP contribution in [0.1, 0.15) is 5.56 Å². The van der Waals surface area contributed by atoms with Crippen LogP contribution in [0.2, 0.25) is 0 Å². The third kappa shape index (κ3) is 1.65. The number of anilines is 1. The molecule has 0 spiro atoms. The number of aryl methyl sites for hydroxylation is 1. The molecule has 2 N–H and O–H groups in total. The van der Waals surface area contributed by atoms with Crippen LogP contribution in [0.25, 0.3) is 11.4 Å². The summed E-state index contributed by atoms with van der Waals surface area (Å²) in [6.45, 7) is 2.13. The number of nitrogen functional groups attached to an aromatic ring is 1. The highest BCUT2D eigenvalue weighted by Gasteiger charge is 2.14. The smallest absolute Gasteiger partial charge is 0.231 e. The Morgan fingerprint density at radius 3 is 2.88 bits per heavy atom. The Morgan fingerprint density at radius 2 is 2.06 bits per heavy atom. The van der Waals surface area contributed by atoms with E-state index in [0.29, 0.717) is 17.4 Å². The van der Waals surface area contributed by atoms with Gasteiger partial charge < -0.3 is 15.2 Å². The number of benzene rings is 1. The molecule has 0 unspecified atom stereocenters. The summed E-state index contributed by atoms with van der Waals surface area (Å²) in [5, 5.41) is 0. The number of ether oxygens (including phenoxy) is 2. The summed E-state index contributed by atoms with van der Waals surface area (Å²) in [6, 6.07) is 5.58. The molecular weight excluding hydrogens is 218 g/mol. The predicted molar refractivity (Wildman–Crippen MR) is 62.7 cm³/mol. The zero-order chi connectivity index (χ0) is 11.8. The number of rotatable bonds is 1. The van der Waals surface area contributed by atoms with Gasteiger partial charge in [0.1, 0.15) is 5.82 Å². The molecular formula is C12H11N3O2. The van der Waals surface area contributed by atoms with Gasteiger partial charge in [0.25, 0.3) is 0 Å². The molecule has 5 heteroatoms. The Bertz CT molecular complexity index is 584. The Balaban J connectivity index is 2.06. The van der Waals surface area contributed by atoms with Crippen molar-refractivity contribution in [3.63, 3.8) is 0 Å². The largest absolute Gasteiger partial charge is 0.454 e. The number of hydrogen-bond acceptors (Lipinski definition) is 5. The van der Waals surface area contributed by atoms with Gasteiger partial charge in [-0.15, -0.1) is 0 Å². The van der Waals surface area contributed by atoms with Gasteiger partial charge in [0.15, 0.2) is 17.3 Å².